The Hall–Kier alpha value is -1.36. The number of hydrogen-bond acceptors (Lipinski definition) is 4. The summed E-state index contributed by atoms with van der Waals surface area (Å²) >= 11 is 1.65. The van der Waals surface area contributed by atoms with E-state index in [1.807, 2.05) is 11.4 Å². The zero-order valence-electron chi connectivity index (χ0n) is 10.9. The lowest BCUT2D eigenvalue weighted by molar-refractivity contribution is 0.407. The quantitative estimate of drug-likeness (QED) is 0.658. The van der Waals surface area contributed by atoms with E-state index >= 15 is 0 Å². The summed E-state index contributed by atoms with van der Waals surface area (Å²) in [6.45, 7) is 4.18. The van der Waals surface area contributed by atoms with Crippen LogP contribution in [-0.2, 0) is 0 Å². The molecule has 0 amide bonds. The lowest BCUT2D eigenvalue weighted by Gasteiger charge is -2.19. The predicted molar refractivity (Wildman–Crippen MR) is 76.0 cm³/mol. The topological polar surface area (TPSA) is 47.3 Å². The standard InChI is InChI=1S/C14H18N2OS/c1-9-4-5-10(2)11(8-9)13(16-15)14-12(17-3)6-7-18-14/h4-8,13,16H,15H2,1-3H3. The number of ether oxygens (including phenoxy) is 1. The van der Waals surface area contributed by atoms with Gasteiger partial charge in [-0.05, 0) is 36.4 Å². The van der Waals surface area contributed by atoms with Crippen molar-refractivity contribution in [3.05, 3.63) is 51.2 Å². The Labute approximate surface area is 112 Å². The van der Waals surface area contributed by atoms with Crippen molar-refractivity contribution >= 4 is 11.3 Å². The van der Waals surface area contributed by atoms with E-state index in [2.05, 4.69) is 37.5 Å². The van der Waals surface area contributed by atoms with Crippen LogP contribution < -0.4 is 16.0 Å². The van der Waals surface area contributed by atoms with Gasteiger partial charge in [-0.3, -0.25) is 5.84 Å². The summed E-state index contributed by atoms with van der Waals surface area (Å²) in [5.74, 6) is 6.62. The Kier molecular flexibility index (Phi) is 4.01. The van der Waals surface area contributed by atoms with Crippen LogP contribution in [0.25, 0.3) is 0 Å². The van der Waals surface area contributed by atoms with Crippen molar-refractivity contribution in [2.45, 2.75) is 19.9 Å². The summed E-state index contributed by atoms with van der Waals surface area (Å²) in [6, 6.07) is 8.33. The van der Waals surface area contributed by atoms with Gasteiger partial charge in [0.25, 0.3) is 0 Å². The number of methoxy groups -OCH3 is 1. The first kappa shape index (κ1) is 13.1. The zero-order valence-corrected chi connectivity index (χ0v) is 11.7. The molecule has 2 aromatic rings. The lowest BCUT2D eigenvalue weighted by atomic mass is 9.98. The van der Waals surface area contributed by atoms with Crippen LogP contribution in [0, 0.1) is 13.8 Å². The molecule has 3 N–H and O–H groups in total. The Balaban J connectivity index is 2.48. The maximum absolute atomic E-state index is 5.74. The fraction of sp³-hybridized carbons (Fsp3) is 0.286. The molecule has 0 aliphatic heterocycles. The molecule has 0 saturated heterocycles. The molecular formula is C14H18N2OS. The first-order chi connectivity index (χ1) is 8.67. The lowest BCUT2D eigenvalue weighted by Crippen LogP contribution is -2.29. The molecule has 0 spiro atoms. The molecule has 0 aliphatic rings. The number of benzene rings is 1. The molecule has 18 heavy (non-hydrogen) atoms. The third kappa shape index (κ3) is 2.41. The second-order valence-electron chi connectivity index (χ2n) is 4.31. The van der Waals surface area contributed by atoms with Crippen LogP contribution >= 0.6 is 11.3 Å². The fourth-order valence-electron chi connectivity index (χ4n) is 2.07. The molecule has 0 fully saturated rings. The normalized spacial score (nSPS) is 12.4. The van der Waals surface area contributed by atoms with Gasteiger partial charge in [-0.1, -0.05) is 23.8 Å². The number of hydrogen-bond donors (Lipinski definition) is 2. The minimum Gasteiger partial charge on any atom is -0.496 e. The van der Waals surface area contributed by atoms with Gasteiger partial charge in [0, 0.05) is 0 Å². The van der Waals surface area contributed by atoms with E-state index in [0.29, 0.717) is 0 Å². The highest BCUT2D eigenvalue weighted by molar-refractivity contribution is 7.10. The van der Waals surface area contributed by atoms with Crippen molar-refractivity contribution in [2.75, 3.05) is 7.11 Å². The summed E-state index contributed by atoms with van der Waals surface area (Å²) in [4.78, 5) is 1.11. The van der Waals surface area contributed by atoms with Crippen LogP contribution in [0.2, 0.25) is 0 Å². The van der Waals surface area contributed by atoms with Gasteiger partial charge in [-0.2, -0.15) is 0 Å². The van der Waals surface area contributed by atoms with E-state index in [9.17, 15) is 0 Å². The Morgan fingerprint density at radius 3 is 2.72 bits per heavy atom. The molecule has 3 nitrogen and oxygen atoms in total. The smallest absolute Gasteiger partial charge is 0.134 e. The van der Waals surface area contributed by atoms with E-state index in [-0.39, 0.29) is 6.04 Å². The van der Waals surface area contributed by atoms with Gasteiger partial charge in [0.2, 0.25) is 0 Å². The van der Waals surface area contributed by atoms with Crippen molar-refractivity contribution in [1.29, 1.82) is 0 Å². The van der Waals surface area contributed by atoms with Gasteiger partial charge in [0.15, 0.2) is 0 Å². The average molecular weight is 262 g/mol. The first-order valence-electron chi connectivity index (χ1n) is 5.82. The number of hydrazine groups is 1. The minimum atomic E-state index is -0.0279. The molecule has 1 unspecified atom stereocenters. The molecule has 0 saturated carbocycles. The number of rotatable bonds is 4. The highest BCUT2D eigenvalue weighted by Gasteiger charge is 2.20. The molecule has 0 radical (unpaired) electrons. The number of aryl methyl sites for hydroxylation is 2. The summed E-state index contributed by atoms with van der Waals surface area (Å²) in [7, 11) is 1.68. The van der Waals surface area contributed by atoms with E-state index in [1.54, 1.807) is 18.4 Å². The molecular weight excluding hydrogens is 244 g/mol. The van der Waals surface area contributed by atoms with Crippen molar-refractivity contribution in [1.82, 2.24) is 5.43 Å². The van der Waals surface area contributed by atoms with Crippen LogP contribution in [0.3, 0.4) is 0 Å². The molecule has 1 aromatic heterocycles. The third-order valence-electron chi connectivity index (χ3n) is 3.05. The third-order valence-corrected chi connectivity index (χ3v) is 4.01. The van der Waals surface area contributed by atoms with Crippen LogP contribution in [0.5, 0.6) is 5.75 Å². The highest BCUT2D eigenvalue weighted by Crippen LogP contribution is 2.35. The van der Waals surface area contributed by atoms with E-state index in [1.165, 1.54) is 16.7 Å². The summed E-state index contributed by atoms with van der Waals surface area (Å²) in [5.41, 5.74) is 6.54. The van der Waals surface area contributed by atoms with Gasteiger partial charge < -0.3 is 4.74 Å². The van der Waals surface area contributed by atoms with Gasteiger partial charge in [0.05, 0.1) is 18.0 Å². The second kappa shape index (κ2) is 5.52. The Morgan fingerprint density at radius 1 is 1.28 bits per heavy atom. The van der Waals surface area contributed by atoms with Crippen LogP contribution in [0.4, 0.5) is 0 Å². The predicted octanol–water partition coefficient (Wildman–Crippen LogP) is 2.93. The molecule has 1 aromatic carbocycles. The molecule has 0 aliphatic carbocycles. The van der Waals surface area contributed by atoms with Gasteiger partial charge in [-0.25, -0.2) is 5.43 Å². The maximum atomic E-state index is 5.74. The maximum Gasteiger partial charge on any atom is 0.134 e. The second-order valence-corrected chi connectivity index (χ2v) is 5.26. The largest absolute Gasteiger partial charge is 0.496 e. The van der Waals surface area contributed by atoms with Gasteiger partial charge >= 0.3 is 0 Å². The molecule has 1 atom stereocenters. The van der Waals surface area contributed by atoms with Crippen LogP contribution in [0.15, 0.2) is 29.6 Å². The van der Waals surface area contributed by atoms with Crippen molar-refractivity contribution in [3.8, 4) is 5.75 Å². The van der Waals surface area contributed by atoms with E-state index < -0.39 is 0 Å². The van der Waals surface area contributed by atoms with E-state index in [4.69, 9.17) is 10.6 Å². The fourth-order valence-corrected chi connectivity index (χ4v) is 3.00. The van der Waals surface area contributed by atoms with Gasteiger partial charge in [0.1, 0.15) is 5.75 Å². The molecule has 0 bridgehead atoms. The molecule has 4 heteroatoms. The minimum absolute atomic E-state index is 0.0279. The zero-order chi connectivity index (χ0) is 13.1. The van der Waals surface area contributed by atoms with Gasteiger partial charge in [-0.15, -0.1) is 11.3 Å². The summed E-state index contributed by atoms with van der Waals surface area (Å²) < 4.78 is 5.37. The van der Waals surface area contributed by atoms with Crippen LogP contribution in [0.1, 0.15) is 27.6 Å². The molecule has 96 valence electrons. The van der Waals surface area contributed by atoms with Crippen molar-refractivity contribution in [3.63, 3.8) is 0 Å². The van der Waals surface area contributed by atoms with Crippen molar-refractivity contribution < 1.29 is 4.74 Å². The molecule has 1 heterocycles. The van der Waals surface area contributed by atoms with Crippen LogP contribution in [-0.4, -0.2) is 7.11 Å². The number of nitrogens with two attached hydrogens (primary N) is 1. The Morgan fingerprint density at radius 2 is 2.06 bits per heavy atom. The summed E-state index contributed by atoms with van der Waals surface area (Å²) in [5, 5.41) is 2.02. The summed E-state index contributed by atoms with van der Waals surface area (Å²) in [6.07, 6.45) is 0. The first-order valence-corrected chi connectivity index (χ1v) is 6.70. The number of thiophene rings is 1. The van der Waals surface area contributed by atoms with E-state index in [0.717, 1.165) is 10.6 Å². The monoisotopic (exact) mass is 262 g/mol. The SMILES string of the molecule is COc1ccsc1C(NN)c1cc(C)ccc1C. The number of nitrogens with one attached hydrogen (secondary N) is 1. The average Bonchev–Trinajstić information content (AvgIpc) is 2.83. The highest BCUT2D eigenvalue weighted by atomic mass is 32.1. The Bertz CT molecular complexity index is 536. The van der Waals surface area contributed by atoms with Crippen molar-refractivity contribution in [2.24, 2.45) is 5.84 Å². The molecule has 2 rings (SSSR count).